The van der Waals surface area contributed by atoms with Gasteiger partial charge in [0.15, 0.2) is 0 Å². The van der Waals surface area contributed by atoms with Crippen LogP contribution in [0.1, 0.15) is 15.9 Å². The van der Waals surface area contributed by atoms with Gasteiger partial charge in [0.25, 0.3) is 5.69 Å². The van der Waals surface area contributed by atoms with Gasteiger partial charge in [-0.1, -0.05) is 23.7 Å². The quantitative estimate of drug-likeness (QED) is 0.166. The first-order valence-electron chi connectivity index (χ1n) is 9.41. The lowest BCUT2D eigenvalue weighted by Gasteiger charge is -2.05. The summed E-state index contributed by atoms with van der Waals surface area (Å²) in [5, 5.41) is 15.2. The third kappa shape index (κ3) is 4.46. The molecule has 0 aliphatic heterocycles. The Bertz CT molecular complexity index is 1410. The average Bonchev–Trinajstić information content (AvgIpc) is 3.12. The van der Waals surface area contributed by atoms with E-state index in [9.17, 15) is 23.7 Å². The molecule has 0 amide bonds. The summed E-state index contributed by atoms with van der Waals surface area (Å²) in [6.45, 7) is 0.117. The van der Waals surface area contributed by atoms with E-state index in [0.717, 1.165) is 0 Å². The van der Waals surface area contributed by atoms with Crippen molar-refractivity contribution in [2.24, 2.45) is 0 Å². The number of non-ortho nitro benzene ring substituents is 1. The lowest BCUT2D eigenvalue weighted by Crippen LogP contribution is -2.12. The first kappa shape index (κ1) is 22.2. The van der Waals surface area contributed by atoms with Gasteiger partial charge in [-0.3, -0.25) is 14.8 Å². The van der Waals surface area contributed by atoms with E-state index < -0.39 is 33.1 Å². The highest BCUT2D eigenvalue weighted by molar-refractivity contribution is 6.30. The number of benzene rings is 3. The van der Waals surface area contributed by atoms with Crippen molar-refractivity contribution < 1.29 is 28.0 Å². The predicted octanol–water partition coefficient (Wildman–Crippen LogP) is 5.15. The lowest BCUT2D eigenvalue weighted by atomic mass is 10.2. The molecule has 0 saturated carbocycles. The molecule has 0 N–H and O–H groups in total. The fourth-order valence-electron chi connectivity index (χ4n) is 3.21. The van der Waals surface area contributed by atoms with Crippen molar-refractivity contribution in [1.29, 1.82) is 0 Å². The van der Waals surface area contributed by atoms with Crippen molar-refractivity contribution in [2.45, 2.75) is 6.54 Å². The molecule has 0 bridgehead atoms. The number of esters is 1. The number of nitro benzene ring substituents is 1. The number of ether oxygens (including phenoxy) is 2. The van der Waals surface area contributed by atoms with Crippen molar-refractivity contribution in [3.05, 3.63) is 92.5 Å². The Hall–Kier alpha value is -4.05. The molecule has 33 heavy (non-hydrogen) atoms. The Morgan fingerprint density at radius 3 is 2.67 bits per heavy atom. The molecule has 0 saturated heterocycles. The smallest absolute Gasteiger partial charge is 0.348 e. The monoisotopic (exact) mass is 473 g/mol. The van der Waals surface area contributed by atoms with Crippen LogP contribution in [0.5, 0.6) is 11.6 Å². The molecule has 11 heteroatoms. The number of hydrogen-bond donors (Lipinski definition) is 0. The molecule has 0 aliphatic rings. The van der Waals surface area contributed by atoms with Gasteiger partial charge in [-0.05, 0) is 35.9 Å². The van der Waals surface area contributed by atoms with Gasteiger partial charge in [-0.2, -0.15) is 0 Å². The third-order valence-electron chi connectivity index (χ3n) is 4.80. The predicted molar refractivity (Wildman–Crippen MR) is 115 cm³/mol. The SMILES string of the molecule is COc1ccc2c(c1)c(OC(=O)c1cc(F)c(Cl)cc1F)nn2Cc1cccc([N+](=O)[O-])c1. The highest BCUT2D eigenvalue weighted by atomic mass is 35.5. The van der Waals surface area contributed by atoms with Gasteiger partial charge in [0, 0.05) is 12.1 Å². The van der Waals surface area contributed by atoms with Crippen LogP contribution in [0.2, 0.25) is 5.02 Å². The van der Waals surface area contributed by atoms with Crippen LogP contribution in [0.4, 0.5) is 14.5 Å². The van der Waals surface area contributed by atoms with Gasteiger partial charge in [0.05, 0.1) is 40.1 Å². The Kier molecular flexibility index (Phi) is 5.93. The highest BCUT2D eigenvalue weighted by Gasteiger charge is 2.22. The van der Waals surface area contributed by atoms with Crippen molar-refractivity contribution in [3.8, 4) is 11.6 Å². The number of carbonyl (C=O) groups excluding carboxylic acids is 1. The minimum absolute atomic E-state index is 0.0856. The first-order chi connectivity index (χ1) is 15.8. The number of fused-ring (bicyclic) bond motifs is 1. The lowest BCUT2D eigenvalue weighted by molar-refractivity contribution is -0.384. The van der Waals surface area contributed by atoms with E-state index in [2.05, 4.69) is 5.10 Å². The average molecular weight is 474 g/mol. The van der Waals surface area contributed by atoms with Crippen molar-refractivity contribution in [3.63, 3.8) is 0 Å². The maximum Gasteiger partial charge on any atom is 0.348 e. The zero-order valence-corrected chi connectivity index (χ0v) is 17.7. The summed E-state index contributed by atoms with van der Waals surface area (Å²) < 4.78 is 39.9. The van der Waals surface area contributed by atoms with E-state index in [0.29, 0.717) is 34.3 Å². The number of methoxy groups -OCH3 is 1. The number of nitro groups is 1. The zero-order chi connectivity index (χ0) is 23.7. The van der Waals surface area contributed by atoms with Crippen LogP contribution in [-0.4, -0.2) is 27.8 Å². The van der Waals surface area contributed by atoms with E-state index in [-0.39, 0.29) is 18.1 Å². The molecule has 168 valence electrons. The molecule has 0 radical (unpaired) electrons. The van der Waals surface area contributed by atoms with Crippen LogP contribution in [-0.2, 0) is 6.54 Å². The number of halogens is 3. The number of nitrogens with zero attached hydrogens (tertiary/aromatic N) is 3. The Morgan fingerprint density at radius 2 is 1.94 bits per heavy atom. The molecule has 0 aliphatic carbocycles. The summed E-state index contributed by atoms with van der Waals surface area (Å²) >= 11 is 5.53. The van der Waals surface area contributed by atoms with Crippen molar-refractivity contribution in [2.75, 3.05) is 7.11 Å². The van der Waals surface area contributed by atoms with E-state index >= 15 is 0 Å². The van der Waals surface area contributed by atoms with Gasteiger partial charge >= 0.3 is 5.97 Å². The summed E-state index contributed by atoms with van der Waals surface area (Å²) in [7, 11) is 1.45. The molecular weight excluding hydrogens is 460 g/mol. The Morgan fingerprint density at radius 1 is 1.15 bits per heavy atom. The minimum atomic E-state index is -1.17. The molecule has 0 spiro atoms. The van der Waals surface area contributed by atoms with Gasteiger partial charge in [0.2, 0.25) is 5.88 Å². The largest absolute Gasteiger partial charge is 0.497 e. The Labute approximate surface area is 190 Å². The van der Waals surface area contributed by atoms with Gasteiger partial charge in [-0.15, -0.1) is 5.10 Å². The second-order valence-electron chi connectivity index (χ2n) is 6.91. The second kappa shape index (κ2) is 8.83. The third-order valence-corrected chi connectivity index (χ3v) is 5.09. The second-order valence-corrected chi connectivity index (χ2v) is 7.32. The summed E-state index contributed by atoms with van der Waals surface area (Å²) in [6, 6.07) is 12.2. The van der Waals surface area contributed by atoms with Gasteiger partial charge in [0.1, 0.15) is 17.4 Å². The minimum Gasteiger partial charge on any atom is -0.497 e. The fourth-order valence-corrected chi connectivity index (χ4v) is 3.37. The van der Waals surface area contributed by atoms with Crippen molar-refractivity contribution >= 4 is 34.2 Å². The highest BCUT2D eigenvalue weighted by Crippen LogP contribution is 2.31. The van der Waals surface area contributed by atoms with Gasteiger partial charge < -0.3 is 9.47 Å². The zero-order valence-electron chi connectivity index (χ0n) is 16.9. The molecule has 1 aromatic heterocycles. The summed E-state index contributed by atoms with van der Waals surface area (Å²) in [4.78, 5) is 23.1. The van der Waals surface area contributed by atoms with E-state index in [1.165, 1.54) is 23.9 Å². The van der Waals surface area contributed by atoms with Crippen LogP contribution >= 0.6 is 11.6 Å². The number of carbonyl (C=O) groups is 1. The van der Waals surface area contributed by atoms with E-state index in [1.54, 1.807) is 30.3 Å². The van der Waals surface area contributed by atoms with Crippen LogP contribution < -0.4 is 9.47 Å². The molecule has 1 heterocycles. The summed E-state index contributed by atoms with van der Waals surface area (Å²) in [5.41, 5.74) is 0.361. The Balaban J connectivity index is 1.74. The standard InChI is InChI=1S/C22H14ClF2N3O5/c1-32-14-5-6-20-16(8-14)21(33-22(29)15-9-19(25)17(23)10-18(15)24)26-27(20)11-12-3-2-4-13(7-12)28(30)31/h2-10H,11H2,1H3. The van der Waals surface area contributed by atoms with Crippen LogP contribution in [0.25, 0.3) is 10.9 Å². The summed E-state index contributed by atoms with van der Waals surface area (Å²) in [6.07, 6.45) is 0. The molecule has 3 aromatic carbocycles. The molecular formula is C22H14ClF2N3O5. The maximum atomic E-state index is 14.2. The molecule has 0 unspecified atom stereocenters. The molecule has 0 fully saturated rings. The van der Waals surface area contributed by atoms with Gasteiger partial charge in [-0.25, -0.2) is 13.6 Å². The van der Waals surface area contributed by atoms with Crippen LogP contribution in [0, 0.1) is 21.7 Å². The van der Waals surface area contributed by atoms with E-state index in [1.807, 2.05) is 0 Å². The fraction of sp³-hybridized carbons (Fsp3) is 0.0909. The van der Waals surface area contributed by atoms with Crippen LogP contribution in [0.15, 0.2) is 54.6 Å². The van der Waals surface area contributed by atoms with E-state index in [4.69, 9.17) is 21.1 Å². The maximum absolute atomic E-state index is 14.2. The number of rotatable bonds is 6. The van der Waals surface area contributed by atoms with Crippen LogP contribution in [0.3, 0.4) is 0 Å². The molecule has 0 atom stereocenters. The normalized spacial score (nSPS) is 10.9. The molecule has 4 rings (SSSR count). The van der Waals surface area contributed by atoms with Crippen molar-refractivity contribution in [1.82, 2.24) is 9.78 Å². The molecule has 4 aromatic rings. The molecule has 8 nitrogen and oxygen atoms in total. The number of hydrogen-bond acceptors (Lipinski definition) is 6. The topological polar surface area (TPSA) is 96.5 Å². The first-order valence-corrected chi connectivity index (χ1v) is 9.79. The number of aromatic nitrogens is 2. The summed E-state index contributed by atoms with van der Waals surface area (Å²) in [5.74, 6) is -2.93.